The van der Waals surface area contributed by atoms with E-state index in [1.165, 1.54) is 0 Å². The van der Waals surface area contributed by atoms with E-state index in [1.54, 1.807) is 4.90 Å². The van der Waals surface area contributed by atoms with Crippen LogP contribution in [0.1, 0.15) is 34.1 Å². The number of alkyl halides is 1. The van der Waals surface area contributed by atoms with E-state index < -0.39 is 0 Å². The Labute approximate surface area is 112 Å². The molecule has 0 bridgehead atoms. The number of aldehydes is 1. The third kappa shape index (κ3) is 8.18. The summed E-state index contributed by atoms with van der Waals surface area (Å²) in [5.74, 6) is 0.618. The Bertz CT molecular complexity index is 251. The molecule has 0 aromatic carbocycles. The van der Waals surface area contributed by atoms with E-state index in [2.05, 4.69) is 22.9 Å². The van der Waals surface area contributed by atoms with Crippen molar-refractivity contribution in [3.05, 3.63) is 0 Å². The summed E-state index contributed by atoms with van der Waals surface area (Å²) in [6, 6.07) is 0. The van der Waals surface area contributed by atoms with Crippen LogP contribution in [0.3, 0.4) is 0 Å². The molecule has 1 saturated heterocycles. The van der Waals surface area contributed by atoms with Crippen LogP contribution in [0.15, 0.2) is 0 Å². The summed E-state index contributed by atoms with van der Waals surface area (Å²) in [6.07, 6.45) is 1.72. The van der Waals surface area contributed by atoms with E-state index in [-0.39, 0.29) is 11.7 Å². The molecule has 0 radical (unpaired) electrons. The smallest absolute Gasteiger partial charge is 0.410 e. The van der Waals surface area contributed by atoms with Crippen LogP contribution in [0.2, 0.25) is 0 Å². The Morgan fingerprint density at radius 1 is 1.53 bits per heavy atom. The van der Waals surface area contributed by atoms with Gasteiger partial charge >= 0.3 is 6.09 Å². The molecule has 0 spiro atoms. The van der Waals surface area contributed by atoms with Crippen LogP contribution < -0.4 is 0 Å². The highest BCUT2D eigenvalue weighted by atomic mass is 79.9. The van der Waals surface area contributed by atoms with Gasteiger partial charge in [-0.1, -0.05) is 22.9 Å². The van der Waals surface area contributed by atoms with Crippen LogP contribution in [0.4, 0.5) is 4.79 Å². The fourth-order valence-corrected chi connectivity index (χ4v) is 1.43. The van der Waals surface area contributed by atoms with Gasteiger partial charge in [-0.15, -0.1) is 0 Å². The monoisotopic (exact) mass is 307 g/mol. The summed E-state index contributed by atoms with van der Waals surface area (Å²) >= 11 is 2.88. The molecule has 1 amide bonds. The van der Waals surface area contributed by atoms with Gasteiger partial charge in [0.05, 0.1) is 5.33 Å². The maximum Gasteiger partial charge on any atom is 0.410 e. The van der Waals surface area contributed by atoms with Crippen LogP contribution in [-0.2, 0) is 9.53 Å². The van der Waals surface area contributed by atoms with Gasteiger partial charge in [0.1, 0.15) is 11.9 Å². The largest absolute Gasteiger partial charge is 0.444 e. The number of ether oxygens (including phenoxy) is 1. The van der Waals surface area contributed by atoms with Crippen LogP contribution in [0, 0.1) is 5.92 Å². The minimum absolute atomic E-state index is 0.170. The summed E-state index contributed by atoms with van der Waals surface area (Å²) in [6.45, 7) is 9.52. The standard InChI is InChI=1S/C10H19NO2.C2H3BrO/c1-8-5-6-11(7-8)9(12)13-10(2,3)4;3-1-2-4/h8H,5-7H2,1-4H3;2H,1H2. The molecule has 17 heavy (non-hydrogen) atoms. The number of likely N-dealkylation sites (tertiary alicyclic amines) is 1. The SMILES string of the molecule is CC1CCN(C(=O)OC(C)(C)C)C1.O=CCBr. The Balaban J connectivity index is 0.000000557. The number of carbonyl (C=O) groups is 2. The van der Waals surface area contributed by atoms with E-state index >= 15 is 0 Å². The van der Waals surface area contributed by atoms with Crippen molar-refractivity contribution in [3.8, 4) is 0 Å². The number of carbonyl (C=O) groups excluding carboxylic acids is 2. The second-order valence-electron chi connectivity index (χ2n) is 5.14. The van der Waals surface area contributed by atoms with Crippen LogP contribution >= 0.6 is 15.9 Å². The Morgan fingerprint density at radius 2 is 2.06 bits per heavy atom. The zero-order valence-corrected chi connectivity index (χ0v) is 12.6. The summed E-state index contributed by atoms with van der Waals surface area (Å²) in [7, 11) is 0. The lowest BCUT2D eigenvalue weighted by atomic mass is 10.2. The predicted molar refractivity (Wildman–Crippen MR) is 71.4 cm³/mol. The van der Waals surface area contributed by atoms with Crippen LogP contribution in [0.5, 0.6) is 0 Å². The molecule has 1 rings (SSSR count). The van der Waals surface area contributed by atoms with Crippen molar-refractivity contribution >= 4 is 28.3 Å². The molecule has 0 saturated carbocycles. The number of hydrogen-bond acceptors (Lipinski definition) is 3. The fraction of sp³-hybridized carbons (Fsp3) is 0.833. The lowest BCUT2D eigenvalue weighted by Crippen LogP contribution is -2.35. The molecule has 5 heteroatoms. The third-order valence-electron chi connectivity index (χ3n) is 2.14. The average Bonchev–Trinajstić information content (AvgIpc) is 2.63. The molecule has 1 fully saturated rings. The lowest BCUT2D eigenvalue weighted by molar-refractivity contribution is -0.105. The summed E-state index contributed by atoms with van der Waals surface area (Å²) in [4.78, 5) is 22.4. The van der Waals surface area contributed by atoms with Crippen molar-refractivity contribution in [3.63, 3.8) is 0 Å². The van der Waals surface area contributed by atoms with Gasteiger partial charge in [-0.05, 0) is 33.1 Å². The summed E-state index contributed by atoms with van der Waals surface area (Å²) < 4.78 is 5.26. The number of rotatable bonds is 1. The molecular formula is C12H22BrNO3. The van der Waals surface area contributed by atoms with Crippen molar-refractivity contribution in [2.45, 2.75) is 39.7 Å². The number of hydrogen-bond donors (Lipinski definition) is 0. The quantitative estimate of drug-likeness (QED) is 0.553. The van der Waals surface area contributed by atoms with Crippen LogP contribution in [0.25, 0.3) is 0 Å². The molecule has 4 nitrogen and oxygen atoms in total. The molecule has 1 aliphatic heterocycles. The van der Waals surface area contributed by atoms with E-state index in [9.17, 15) is 4.79 Å². The van der Waals surface area contributed by atoms with Gasteiger partial charge < -0.3 is 14.4 Å². The topological polar surface area (TPSA) is 46.6 Å². The molecule has 1 heterocycles. The molecular weight excluding hydrogens is 286 g/mol. The van der Waals surface area contributed by atoms with E-state index in [1.807, 2.05) is 20.8 Å². The van der Waals surface area contributed by atoms with Crippen molar-refractivity contribution < 1.29 is 14.3 Å². The van der Waals surface area contributed by atoms with Crippen molar-refractivity contribution in [1.29, 1.82) is 0 Å². The van der Waals surface area contributed by atoms with Gasteiger partial charge in [0, 0.05) is 13.1 Å². The number of nitrogens with zero attached hydrogens (tertiary/aromatic N) is 1. The average molecular weight is 308 g/mol. The van der Waals surface area contributed by atoms with E-state index in [0.717, 1.165) is 25.8 Å². The Morgan fingerprint density at radius 3 is 2.35 bits per heavy atom. The second-order valence-corrected chi connectivity index (χ2v) is 5.79. The second kappa shape index (κ2) is 7.69. The molecule has 0 aromatic rings. The molecule has 1 atom stereocenters. The maximum absolute atomic E-state index is 11.5. The highest BCUT2D eigenvalue weighted by molar-refractivity contribution is 9.09. The van der Waals surface area contributed by atoms with Gasteiger partial charge in [-0.2, -0.15) is 0 Å². The summed E-state index contributed by atoms with van der Waals surface area (Å²) in [5.41, 5.74) is -0.372. The molecule has 0 aliphatic carbocycles. The minimum Gasteiger partial charge on any atom is -0.444 e. The number of halogens is 1. The van der Waals surface area contributed by atoms with Gasteiger partial charge in [0.2, 0.25) is 0 Å². The van der Waals surface area contributed by atoms with Crippen LogP contribution in [-0.4, -0.2) is 41.3 Å². The first-order chi connectivity index (χ1) is 7.80. The normalized spacial score (nSPS) is 19.4. The first-order valence-corrected chi connectivity index (χ1v) is 6.89. The molecule has 1 aliphatic rings. The zero-order valence-electron chi connectivity index (χ0n) is 11.0. The van der Waals surface area contributed by atoms with E-state index in [4.69, 9.17) is 9.53 Å². The first kappa shape index (κ1) is 16.4. The summed E-state index contributed by atoms with van der Waals surface area (Å²) in [5, 5.41) is 0.451. The molecule has 0 aromatic heterocycles. The fourth-order valence-electron chi connectivity index (χ4n) is 1.43. The Kier molecular flexibility index (Phi) is 7.43. The minimum atomic E-state index is -0.372. The van der Waals surface area contributed by atoms with Crippen molar-refractivity contribution in [2.24, 2.45) is 5.92 Å². The van der Waals surface area contributed by atoms with Crippen molar-refractivity contribution in [1.82, 2.24) is 4.90 Å². The molecule has 0 N–H and O–H groups in total. The zero-order chi connectivity index (χ0) is 13.5. The number of amides is 1. The first-order valence-electron chi connectivity index (χ1n) is 5.77. The Hall–Kier alpha value is -0.580. The van der Waals surface area contributed by atoms with Gasteiger partial charge in [-0.25, -0.2) is 4.79 Å². The highest BCUT2D eigenvalue weighted by Crippen LogP contribution is 2.18. The predicted octanol–water partition coefficient (Wildman–Crippen LogP) is 2.84. The van der Waals surface area contributed by atoms with Crippen molar-refractivity contribution in [2.75, 3.05) is 18.4 Å². The van der Waals surface area contributed by atoms with Gasteiger partial charge in [0.15, 0.2) is 0 Å². The molecule has 100 valence electrons. The van der Waals surface area contributed by atoms with Gasteiger partial charge in [-0.3, -0.25) is 0 Å². The highest BCUT2D eigenvalue weighted by Gasteiger charge is 2.27. The maximum atomic E-state index is 11.5. The van der Waals surface area contributed by atoms with E-state index in [0.29, 0.717) is 11.2 Å². The lowest BCUT2D eigenvalue weighted by Gasteiger charge is -2.24. The third-order valence-corrected chi connectivity index (χ3v) is 2.40. The molecule has 1 unspecified atom stereocenters. The van der Waals surface area contributed by atoms with Gasteiger partial charge in [0.25, 0.3) is 0 Å².